The van der Waals surface area contributed by atoms with E-state index in [1.807, 2.05) is 12.3 Å². The lowest BCUT2D eigenvalue weighted by Crippen LogP contribution is -2.42. The van der Waals surface area contributed by atoms with Gasteiger partial charge >= 0.3 is 8.56 Å². The topological polar surface area (TPSA) is 31.4 Å². The normalized spacial score (nSPS) is 37.4. The fourth-order valence-electron chi connectivity index (χ4n) is 6.96. The summed E-state index contributed by atoms with van der Waals surface area (Å²) in [5, 5.41) is 0. The first-order valence-electron chi connectivity index (χ1n) is 10.9. The Morgan fingerprint density at radius 1 is 1.15 bits per heavy atom. The van der Waals surface area contributed by atoms with Gasteiger partial charge in [0.05, 0.1) is 6.61 Å². The average molecular weight is 388 g/mol. The van der Waals surface area contributed by atoms with Crippen LogP contribution in [0.5, 0.6) is 0 Å². The van der Waals surface area contributed by atoms with E-state index >= 15 is 0 Å². The third-order valence-corrected chi connectivity index (χ3v) is 9.98. The molecule has 0 aliphatic heterocycles. The van der Waals surface area contributed by atoms with Crippen LogP contribution in [0.1, 0.15) is 58.4 Å². The highest BCUT2D eigenvalue weighted by Crippen LogP contribution is 2.70. The Morgan fingerprint density at radius 2 is 1.96 bits per heavy atom. The Hall–Kier alpha value is -0.713. The van der Waals surface area contributed by atoms with Crippen LogP contribution >= 0.6 is 0 Å². The molecule has 3 nitrogen and oxygen atoms in total. The van der Waals surface area contributed by atoms with Crippen LogP contribution in [0.25, 0.3) is 0 Å². The molecule has 4 heteroatoms. The maximum absolute atomic E-state index is 6.57. The van der Waals surface area contributed by atoms with E-state index < -0.39 is 8.56 Å². The highest BCUT2D eigenvalue weighted by molar-refractivity contribution is 6.64. The minimum absolute atomic E-state index is 0.481. The maximum atomic E-state index is 6.57. The zero-order chi connectivity index (χ0) is 19.3. The van der Waals surface area contributed by atoms with Crippen LogP contribution in [0, 0.1) is 34.5 Å². The summed E-state index contributed by atoms with van der Waals surface area (Å²) in [6.07, 6.45) is 10.7. The van der Waals surface area contributed by atoms with Crippen molar-refractivity contribution in [2.75, 3.05) is 6.61 Å². The minimum atomic E-state index is -2.13. The fraction of sp³-hybridized carbons (Fsp3) is 0.783. The third-order valence-electron chi connectivity index (χ3n) is 8.28. The first-order chi connectivity index (χ1) is 12.7. The molecule has 5 unspecified atom stereocenters. The van der Waals surface area contributed by atoms with Gasteiger partial charge in [-0.25, -0.2) is 0 Å². The Morgan fingerprint density at radius 3 is 2.70 bits per heavy atom. The first-order valence-corrected chi connectivity index (χ1v) is 13.7. The highest BCUT2D eigenvalue weighted by atomic mass is 28.4. The monoisotopic (exact) mass is 387 g/mol. The van der Waals surface area contributed by atoms with E-state index in [4.69, 9.17) is 8.85 Å². The van der Waals surface area contributed by atoms with Crippen molar-refractivity contribution >= 4 is 8.56 Å². The standard InChI is InChI=1S/C23H37NO2Si/c1-22(2)11-7-12-23(3)19-10-9-18(21(19)22)20(23)16-26-27(4,5)25-15-17-8-6-13-24-14-17/h6,8,13-14,18-21H,7,9-12,15-16H2,1-5H3. The van der Waals surface area contributed by atoms with E-state index in [1.54, 1.807) is 6.20 Å². The molecule has 1 aromatic heterocycles. The quantitative estimate of drug-likeness (QED) is 0.578. The van der Waals surface area contributed by atoms with Crippen molar-refractivity contribution in [3.05, 3.63) is 30.1 Å². The van der Waals surface area contributed by atoms with Gasteiger partial charge in [-0.05, 0) is 84.9 Å². The van der Waals surface area contributed by atoms with Crippen LogP contribution in [0.4, 0.5) is 0 Å². The number of aromatic nitrogens is 1. The molecule has 4 rings (SSSR count). The number of pyridine rings is 1. The van der Waals surface area contributed by atoms with Crippen LogP contribution < -0.4 is 0 Å². The largest absolute Gasteiger partial charge is 0.394 e. The molecule has 0 amide bonds. The van der Waals surface area contributed by atoms with Gasteiger partial charge in [-0.1, -0.05) is 33.3 Å². The lowest BCUT2D eigenvalue weighted by atomic mass is 9.65. The molecule has 3 aliphatic rings. The molecule has 3 saturated carbocycles. The van der Waals surface area contributed by atoms with E-state index in [-0.39, 0.29) is 0 Å². The van der Waals surface area contributed by atoms with Crippen molar-refractivity contribution in [3.63, 3.8) is 0 Å². The van der Waals surface area contributed by atoms with Gasteiger partial charge in [0.1, 0.15) is 0 Å². The van der Waals surface area contributed by atoms with Gasteiger partial charge in [-0.15, -0.1) is 0 Å². The zero-order valence-electron chi connectivity index (χ0n) is 17.8. The zero-order valence-corrected chi connectivity index (χ0v) is 18.8. The molecule has 0 N–H and O–H groups in total. The van der Waals surface area contributed by atoms with Gasteiger partial charge < -0.3 is 8.85 Å². The summed E-state index contributed by atoms with van der Waals surface area (Å²) in [6, 6.07) is 4.04. The van der Waals surface area contributed by atoms with Crippen molar-refractivity contribution in [1.29, 1.82) is 0 Å². The molecule has 1 aromatic rings. The van der Waals surface area contributed by atoms with Crippen molar-refractivity contribution in [2.24, 2.45) is 34.5 Å². The van der Waals surface area contributed by atoms with Crippen LogP contribution in [0.15, 0.2) is 24.5 Å². The van der Waals surface area contributed by atoms with Gasteiger partial charge in [0.2, 0.25) is 0 Å². The number of nitrogens with zero attached hydrogens (tertiary/aromatic N) is 1. The first kappa shape index (κ1) is 19.6. The van der Waals surface area contributed by atoms with Gasteiger partial charge in [-0.2, -0.15) is 0 Å². The molecular weight excluding hydrogens is 350 g/mol. The van der Waals surface area contributed by atoms with E-state index in [0.717, 1.165) is 35.8 Å². The SMILES string of the molecule is CC1(C)CCCC2(C)C(CO[Si](C)(C)OCc3cccnc3)C3CCC2C31. The number of hydrogen-bond acceptors (Lipinski definition) is 3. The molecule has 3 fully saturated rings. The van der Waals surface area contributed by atoms with E-state index in [2.05, 4.69) is 44.9 Å². The fourth-order valence-corrected chi connectivity index (χ4v) is 8.14. The predicted molar refractivity (Wildman–Crippen MR) is 111 cm³/mol. The lowest BCUT2D eigenvalue weighted by molar-refractivity contribution is 0.0303. The summed E-state index contributed by atoms with van der Waals surface area (Å²) < 4.78 is 12.8. The van der Waals surface area contributed by atoms with Crippen molar-refractivity contribution in [1.82, 2.24) is 4.98 Å². The lowest BCUT2D eigenvalue weighted by Gasteiger charge is -2.42. The maximum Gasteiger partial charge on any atom is 0.332 e. The molecule has 0 aromatic carbocycles. The second-order valence-electron chi connectivity index (χ2n) is 10.7. The van der Waals surface area contributed by atoms with Crippen LogP contribution in [-0.4, -0.2) is 20.2 Å². The minimum Gasteiger partial charge on any atom is -0.394 e. The van der Waals surface area contributed by atoms with E-state index in [1.165, 1.54) is 32.1 Å². The molecule has 0 radical (unpaired) electrons. The molecule has 0 spiro atoms. The molecular formula is C23H37NO2Si. The van der Waals surface area contributed by atoms with Gasteiger partial charge in [0.25, 0.3) is 0 Å². The summed E-state index contributed by atoms with van der Waals surface area (Å²) in [6.45, 7) is 13.6. The summed E-state index contributed by atoms with van der Waals surface area (Å²) >= 11 is 0. The molecule has 0 saturated heterocycles. The van der Waals surface area contributed by atoms with Gasteiger partial charge in [0, 0.05) is 19.0 Å². The number of rotatable bonds is 6. The van der Waals surface area contributed by atoms with Crippen molar-refractivity contribution < 1.29 is 8.85 Å². The van der Waals surface area contributed by atoms with Crippen molar-refractivity contribution in [3.8, 4) is 0 Å². The van der Waals surface area contributed by atoms with Crippen LogP contribution in [-0.2, 0) is 15.5 Å². The third kappa shape index (κ3) is 3.53. The Kier molecular flexibility index (Phi) is 5.05. The summed E-state index contributed by atoms with van der Waals surface area (Å²) in [4.78, 5) is 4.18. The van der Waals surface area contributed by atoms with Crippen LogP contribution in [0.3, 0.4) is 0 Å². The predicted octanol–water partition coefficient (Wildman–Crippen LogP) is 5.81. The number of hydrogen-bond donors (Lipinski definition) is 0. The molecule has 3 aliphatic carbocycles. The average Bonchev–Trinajstić information content (AvgIpc) is 3.12. The Bertz CT molecular complexity index is 662. The van der Waals surface area contributed by atoms with Crippen molar-refractivity contribution in [2.45, 2.75) is 72.6 Å². The van der Waals surface area contributed by atoms with Crippen LogP contribution in [0.2, 0.25) is 13.1 Å². The van der Waals surface area contributed by atoms with Gasteiger partial charge in [0.15, 0.2) is 0 Å². The molecule has 4 bridgehead atoms. The smallest absolute Gasteiger partial charge is 0.332 e. The molecule has 150 valence electrons. The van der Waals surface area contributed by atoms with Gasteiger partial charge in [-0.3, -0.25) is 4.98 Å². The second kappa shape index (κ2) is 6.96. The van der Waals surface area contributed by atoms with E-state index in [0.29, 0.717) is 17.4 Å². The molecule has 1 heterocycles. The summed E-state index contributed by atoms with van der Waals surface area (Å²) in [5.41, 5.74) is 2.11. The molecule has 5 atom stereocenters. The second-order valence-corrected chi connectivity index (χ2v) is 14.1. The Labute approximate surface area is 166 Å². The highest BCUT2D eigenvalue weighted by Gasteiger charge is 2.64. The van der Waals surface area contributed by atoms with E-state index in [9.17, 15) is 0 Å². The summed E-state index contributed by atoms with van der Waals surface area (Å²) in [7, 11) is -2.13. The Balaban J connectivity index is 1.42. The summed E-state index contributed by atoms with van der Waals surface area (Å²) in [5.74, 6) is 3.39. The molecule has 27 heavy (non-hydrogen) atoms.